The fourth-order valence-electron chi connectivity index (χ4n) is 2.60. The molecular formula is C15H21Cl2N5O2. The molecule has 0 bridgehead atoms. The molecule has 1 aliphatic heterocycles. The summed E-state index contributed by atoms with van der Waals surface area (Å²) in [5.41, 5.74) is -0.109. The van der Waals surface area contributed by atoms with E-state index in [1.165, 1.54) is 0 Å². The monoisotopic (exact) mass is 373 g/mol. The molecule has 7 nitrogen and oxygen atoms in total. The van der Waals surface area contributed by atoms with Crippen molar-refractivity contribution >= 4 is 36.4 Å². The Bertz CT molecular complexity index is 628. The van der Waals surface area contributed by atoms with Gasteiger partial charge in [-0.15, -0.1) is 24.8 Å². The Morgan fingerprint density at radius 1 is 1.33 bits per heavy atom. The Morgan fingerprint density at radius 3 is 2.62 bits per heavy atom. The van der Waals surface area contributed by atoms with Crippen LogP contribution in [0.25, 0.3) is 5.82 Å². The first kappa shape index (κ1) is 20.4. The van der Waals surface area contributed by atoms with Crippen LogP contribution in [0.15, 0.2) is 36.8 Å². The lowest BCUT2D eigenvalue weighted by Crippen LogP contribution is -2.51. The predicted octanol–water partition coefficient (Wildman–Crippen LogP) is 1.82. The Labute approximate surface area is 153 Å². The molecule has 0 aromatic carbocycles. The van der Waals surface area contributed by atoms with Gasteiger partial charge in [0, 0.05) is 19.5 Å². The molecule has 1 fully saturated rings. The fraction of sp³-hybridized carbons (Fsp3) is 0.400. The molecule has 24 heavy (non-hydrogen) atoms. The quantitative estimate of drug-likeness (QED) is 0.853. The molecule has 0 radical (unpaired) electrons. The van der Waals surface area contributed by atoms with Gasteiger partial charge in [0.25, 0.3) is 5.91 Å². The third-order valence-corrected chi connectivity index (χ3v) is 3.96. The van der Waals surface area contributed by atoms with Gasteiger partial charge in [-0.05, 0) is 44.1 Å². The molecule has 0 atom stereocenters. The molecule has 3 rings (SSSR count). The van der Waals surface area contributed by atoms with Gasteiger partial charge in [-0.3, -0.25) is 4.79 Å². The van der Waals surface area contributed by atoms with Gasteiger partial charge in [-0.2, -0.15) is 5.10 Å². The second-order valence-corrected chi connectivity index (χ2v) is 5.26. The predicted molar refractivity (Wildman–Crippen MR) is 96.3 cm³/mol. The molecule has 2 N–H and O–H groups in total. The zero-order chi connectivity index (χ0) is 15.4. The number of ether oxygens (including phenoxy) is 1. The van der Waals surface area contributed by atoms with Crippen molar-refractivity contribution in [3.63, 3.8) is 0 Å². The number of halogens is 2. The summed E-state index contributed by atoms with van der Waals surface area (Å²) >= 11 is 0. The van der Waals surface area contributed by atoms with Crippen LogP contribution in [0.5, 0.6) is 0 Å². The van der Waals surface area contributed by atoms with Crippen LogP contribution >= 0.6 is 24.8 Å². The van der Waals surface area contributed by atoms with Gasteiger partial charge in [0.05, 0.1) is 11.9 Å². The molecular weight excluding hydrogens is 353 g/mol. The Balaban J connectivity index is 0.00000144. The molecule has 0 unspecified atom stereocenters. The van der Waals surface area contributed by atoms with E-state index in [9.17, 15) is 4.79 Å². The van der Waals surface area contributed by atoms with Crippen LogP contribution in [0.2, 0.25) is 0 Å². The van der Waals surface area contributed by atoms with Crippen LogP contribution < -0.4 is 10.6 Å². The topological polar surface area (TPSA) is 81.1 Å². The lowest BCUT2D eigenvalue weighted by atomic mass is 9.91. The number of piperidine rings is 1. The number of carbonyl (C=O) groups excluding carboxylic acids is 1. The average molecular weight is 374 g/mol. The number of nitrogens with one attached hydrogen (secondary N) is 2. The maximum atomic E-state index is 12.5. The van der Waals surface area contributed by atoms with E-state index >= 15 is 0 Å². The summed E-state index contributed by atoms with van der Waals surface area (Å²) in [6.07, 6.45) is 6.45. The van der Waals surface area contributed by atoms with E-state index in [4.69, 9.17) is 4.74 Å². The van der Waals surface area contributed by atoms with Crippen LogP contribution in [0.1, 0.15) is 12.8 Å². The van der Waals surface area contributed by atoms with Gasteiger partial charge >= 0.3 is 0 Å². The summed E-state index contributed by atoms with van der Waals surface area (Å²) < 4.78 is 7.17. The van der Waals surface area contributed by atoms with Crippen molar-refractivity contribution in [1.82, 2.24) is 20.1 Å². The van der Waals surface area contributed by atoms with Crippen LogP contribution in [0, 0.1) is 0 Å². The van der Waals surface area contributed by atoms with Gasteiger partial charge in [0.1, 0.15) is 5.60 Å². The summed E-state index contributed by atoms with van der Waals surface area (Å²) in [5, 5.41) is 10.2. The zero-order valence-electron chi connectivity index (χ0n) is 13.3. The molecule has 132 valence electrons. The van der Waals surface area contributed by atoms with Crippen molar-refractivity contribution < 1.29 is 9.53 Å². The number of nitrogens with zero attached hydrogens (tertiary/aromatic N) is 3. The third kappa shape index (κ3) is 4.24. The molecule has 1 aliphatic rings. The molecule has 1 saturated heterocycles. The minimum absolute atomic E-state index is 0. The van der Waals surface area contributed by atoms with Crippen molar-refractivity contribution in [3.8, 4) is 5.82 Å². The van der Waals surface area contributed by atoms with Crippen molar-refractivity contribution in [1.29, 1.82) is 0 Å². The standard InChI is InChI=1S/C15H19N5O2.2ClH/c1-22-15(5-8-16-9-6-15)14(21)19-12-3-4-13(17-11-12)20-10-2-7-18-20;;/h2-4,7,10-11,16H,5-6,8-9H2,1H3,(H,19,21);2*1H. The van der Waals surface area contributed by atoms with E-state index < -0.39 is 5.60 Å². The molecule has 2 aromatic heterocycles. The SMILES string of the molecule is COC1(C(=O)Nc2ccc(-n3cccn3)nc2)CCNCC1.Cl.Cl. The molecule has 1 amide bonds. The molecule has 3 heterocycles. The number of anilines is 1. The Hall–Kier alpha value is -1.67. The number of rotatable bonds is 4. The van der Waals surface area contributed by atoms with Crippen LogP contribution in [0.4, 0.5) is 5.69 Å². The number of amides is 1. The molecule has 0 spiro atoms. The number of methoxy groups -OCH3 is 1. The van der Waals surface area contributed by atoms with E-state index in [-0.39, 0.29) is 30.7 Å². The first-order valence-corrected chi connectivity index (χ1v) is 7.27. The number of carbonyl (C=O) groups is 1. The molecule has 0 aliphatic carbocycles. The lowest BCUT2D eigenvalue weighted by Gasteiger charge is -2.34. The van der Waals surface area contributed by atoms with Gasteiger partial charge in [0.15, 0.2) is 5.82 Å². The lowest BCUT2D eigenvalue weighted by molar-refractivity contribution is -0.140. The maximum absolute atomic E-state index is 12.5. The number of pyridine rings is 1. The van der Waals surface area contributed by atoms with Crippen LogP contribution in [-0.2, 0) is 9.53 Å². The van der Waals surface area contributed by atoms with E-state index in [0.29, 0.717) is 24.3 Å². The summed E-state index contributed by atoms with van der Waals surface area (Å²) in [4.78, 5) is 16.8. The highest BCUT2D eigenvalue weighted by atomic mass is 35.5. The van der Waals surface area contributed by atoms with E-state index in [1.807, 2.05) is 24.4 Å². The van der Waals surface area contributed by atoms with Crippen molar-refractivity contribution in [2.24, 2.45) is 0 Å². The summed E-state index contributed by atoms with van der Waals surface area (Å²) in [7, 11) is 1.59. The van der Waals surface area contributed by atoms with E-state index in [0.717, 1.165) is 13.1 Å². The normalized spacial score (nSPS) is 15.7. The second-order valence-electron chi connectivity index (χ2n) is 5.26. The highest BCUT2D eigenvalue weighted by Crippen LogP contribution is 2.24. The van der Waals surface area contributed by atoms with E-state index in [2.05, 4.69) is 20.7 Å². The minimum Gasteiger partial charge on any atom is -0.368 e. The highest BCUT2D eigenvalue weighted by molar-refractivity contribution is 5.97. The van der Waals surface area contributed by atoms with Crippen molar-refractivity contribution in [2.75, 3.05) is 25.5 Å². The van der Waals surface area contributed by atoms with Crippen molar-refractivity contribution in [3.05, 3.63) is 36.8 Å². The van der Waals surface area contributed by atoms with Crippen LogP contribution in [0.3, 0.4) is 0 Å². The van der Waals surface area contributed by atoms with Crippen molar-refractivity contribution in [2.45, 2.75) is 18.4 Å². The Kier molecular flexibility index (Phi) is 7.62. The average Bonchev–Trinajstić information content (AvgIpc) is 3.10. The van der Waals surface area contributed by atoms with Crippen LogP contribution in [-0.4, -0.2) is 46.5 Å². The highest BCUT2D eigenvalue weighted by Gasteiger charge is 2.39. The van der Waals surface area contributed by atoms with Gasteiger partial charge < -0.3 is 15.4 Å². The number of hydrogen-bond donors (Lipinski definition) is 2. The molecule has 0 saturated carbocycles. The Morgan fingerprint density at radius 2 is 2.08 bits per heavy atom. The maximum Gasteiger partial charge on any atom is 0.256 e. The van der Waals surface area contributed by atoms with Gasteiger partial charge in [-0.1, -0.05) is 0 Å². The van der Waals surface area contributed by atoms with Gasteiger partial charge in [0.2, 0.25) is 0 Å². The third-order valence-electron chi connectivity index (χ3n) is 3.96. The smallest absolute Gasteiger partial charge is 0.256 e. The first-order valence-electron chi connectivity index (χ1n) is 7.27. The number of hydrogen-bond acceptors (Lipinski definition) is 5. The zero-order valence-corrected chi connectivity index (χ0v) is 14.9. The second kappa shape index (κ2) is 8.98. The molecule has 2 aromatic rings. The number of aromatic nitrogens is 3. The van der Waals surface area contributed by atoms with E-state index in [1.54, 1.807) is 24.2 Å². The summed E-state index contributed by atoms with van der Waals surface area (Å²) in [6, 6.07) is 5.45. The fourth-order valence-corrected chi connectivity index (χ4v) is 2.60. The summed E-state index contributed by atoms with van der Waals surface area (Å²) in [5.74, 6) is 0.580. The molecule has 9 heteroatoms. The summed E-state index contributed by atoms with van der Waals surface area (Å²) in [6.45, 7) is 1.55. The minimum atomic E-state index is -0.758. The largest absolute Gasteiger partial charge is 0.368 e. The first-order chi connectivity index (χ1) is 10.7. The van der Waals surface area contributed by atoms with Gasteiger partial charge in [-0.25, -0.2) is 9.67 Å².